The van der Waals surface area contributed by atoms with Crippen LogP contribution in [0, 0.1) is 6.92 Å². The minimum atomic E-state index is 0.730. The maximum absolute atomic E-state index is 4.58. The molecule has 0 aliphatic heterocycles. The van der Waals surface area contributed by atoms with E-state index in [4.69, 9.17) is 0 Å². The van der Waals surface area contributed by atoms with Gasteiger partial charge in [0.1, 0.15) is 11.0 Å². The summed E-state index contributed by atoms with van der Waals surface area (Å²) < 4.78 is 4.58. The lowest BCUT2D eigenvalue weighted by molar-refractivity contribution is 0.315. The van der Waals surface area contributed by atoms with Crippen molar-refractivity contribution in [1.29, 1.82) is 0 Å². The summed E-state index contributed by atoms with van der Waals surface area (Å²) in [5, 5.41) is 7.46. The number of fused-ring (bicyclic) bond motifs is 1. The summed E-state index contributed by atoms with van der Waals surface area (Å²) in [4.78, 5) is 0.798. The van der Waals surface area contributed by atoms with Gasteiger partial charge in [0.2, 0.25) is 0 Å². The van der Waals surface area contributed by atoms with Crippen LogP contribution < -0.4 is 0 Å². The molecule has 56 valence electrons. The molecule has 0 unspecified atom stereocenters. The molecular formula is C7H6N2OS. The fourth-order valence-electron chi connectivity index (χ4n) is 0.977. The molecule has 0 saturated carbocycles. The van der Waals surface area contributed by atoms with Crippen LogP contribution in [-0.4, -0.2) is 10.3 Å². The Hall–Kier alpha value is -1.03. The molecule has 0 radical (unpaired) electrons. The van der Waals surface area contributed by atoms with Gasteiger partial charge in [-0.05, 0) is 28.9 Å². The van der Waals surface area contributed by atoms with Crippen molar-refractivity contribution < 1.29 is 4.63 Å². The standard InChI is InChI=1S/C7H6N2OS/c1-4-2-3-5(11)7-6(4)8-10-9-7/h2-3,11H,1H3. The zero-order valence-corrected chi connectivity index (χ0v) is 6.80. The van der Waals surface area contributed by atoms with Crippen LogP contribution in [0.15, 0.2) is 21.7 Å². The van der Waals surface area contributed by atoms with E-state index < -0.39 is 0 Å². The molecule has 0 aliphatic carbocycles. The van der Waals surface area contributed by atoms with E-state index in [2.05, 4.69) is 27.6 Å². The predicted octanol–water partition coefficient (Wildman–Crippen LogP) is 1.82. The quantitative estimate of drug-likeness (QED) is 0.607. The molecule has 0 aliphatic rings. The summed E-state index contributed by atoms with van der Waals surface area (Å²) in [6, 6.07) is 3.82. The highest BCUT2D eigenvalue weighted by atomic mass is 32.1. The lowest BCUT2D eigenvalue weighted by atomic mass is 10.2. The van der Waals surface area contributed by atoms with Crippen molar-refractivity contribution in [3.05, 3.63) is 17.7 Å². The molecule has 0 saturated heterocycles. The van der Waals surface area contributed by atoms with Gasteiger partial charge in [0, 0.05) is 4.90 Å². The number of aryl methyl sites for hydroxylation is 1. The first-order chi connectivity index (χ1) is 5.29. The van der Waals surface area contributed by atoms with Crippen molar-refractivity contribution in [2.75, 3.05) is 0 Å². The number of aromatic nitrogens is 2. The Bertz CT molecular complexity index is 360. The smallest absolute Gasteiger partial charge is 0.148 e. The lowest BCUT2D eigenvalue weighted by Gasteiger charge is -1.92. The summed E-state index contributed by atoms with van der Waals surface area (Å²) >= 11 is 4.20. The Labute approximate surface area is 68.8 Å². The Morgan fingerprint density at radius 3 is 2.73 bits per heavy atom. The summed E-state index contributed by atoms with van der Waals surface area (Å²) in [5.41, 5.74) is 2.57. The minimum Gasteiger partial charge on any atom is -0.243 e. The van der Waals surface area contributed by atoms with E-state index in [1.54, 1.807) is 0 Å². The first kappa shape index (κ1) is 6.67. The molecule has 0 bridgehead atoms. The molecule has 11 heavy (non-hydrogen) atoms. The van der Waals surface area contributed by atoms with Gasteiger partial charge < -0.3 is 0 Å². The van der Waals surface area contributed by atoms with Crippen molar-refractivity contribution in [2.24, 2.45) is 0 Å². The van der Waals surface area contributed by atoms with Crippen LogP contribution in [0.25, 0.3) is 11.0 Å². The molecule has 2 aromatic rings. The van der Waals surface area contributed by atoms with Crippen LogP contribution in [0.1, 0.15) is 5.56 Å². The fourth-order valence-corrected chi connectivity index (χ4v) is 1.20. The summed E-state index contributed by atoms with van der Waals surface area (Å²) in [5.74, 6) is 0. The molecule has 1 heterocycles. The van der Waals surface area contributed by atoms with Crippen LogP contribution in [0.5, 0.6) is 0 Å². The third-order valence-corrected chi connectivity index (χ3v) is 1.96. The van der Waals surface area contributed by atoms with Crippen molar-refractivity contribution in [1.82, 2.24) is 10.3 Å². The summed E-state index contributed by atoms with van der Waals surface area (Å²) in [6.07, 6.45) is 0. The maximum Gasteiger partial charge on any atom is 0.148 e. The van der Waals surface area contributed by atoms with Crippen molar-refractivity contribution >= 4 is 23.7 Å². The van der Waals surface area contributed by atoms with E-state index in [9.17, 15) is 0 Å². The van der Waals surface area contributed by atoms with Gasteiger partial charge >= 0.3 is 0 Å². The third kappa shape index (κ3) is 0.903. The van der Waals surface area contributed by atoms with Crippen molar-refractivity contribution in [2.45, 2.75) is 11.8 Å². The second kappa shape index (κ2) is 2.23. The second-order valence-corrected chi connectivity index (χ2v) is 2.84. The maximum atomic E-state index is 4.58. The third-order valence-electron chi connectivity index (χ3n) is 1.60. The summed E-state index contributed by atoms with van der Waals surface area (Å²) in [7, 11) is 0. The minimum absolute atomic E-state index is 0.730. The molecule has 0 atom stereocenters. The first-order valence-electron chi connectivity index (χ1n) is 3.20. The molecule has 0 spiro atoms. The number of benzene rings is 1. The Morgan fingerprint density at radius 2 is 2.00 bits per heavy atom. The van der Waals surface area contributed by atoms with Gasteiger partial charge in [-0.3, -0.25) is 0 Å². The van der Waals surface area contributed by atoms with Crippen LogP contribution >= 0.6 is 12.6 Å². The molecular weight excluding hydrogens is 160 g/mol. The zero-order valence-electron chi connectivity index (χ0n) is 5.90. The van der Waals surface area contributed by atoms with Crippen LogP contribution in [0.4, 0.5) is 0 Å². The molecule has 1 aromatic heterocycles. The van der Waals surface area contributed by atoms with Gasteiger partial charge in [0.05, 0.1) is 0 Å². The van der Waals surface area contributed by atoms with Gasteiger partial charge in [-0.25, -0.2) is 4.63 Å². The van der Waals surface area contributed by atoms with Gasteiger partial charge in [0.15, 0.2) is 0 Å². The average molecular weight is 166 g/mol. The van der Waals surface area contributed by atoms with E-state index in [-0.39, 0.29) is 0 Å². The molecule has 1 aromatic carbocycles. The number of thiol groups is 1. The predicted molar refractivity (Wildman–Crippen MR) is 43.8 cm³/mol. The highest BCUT2D eigenvalue weighted by Gasteiger charge is 2.05. The second-order valence-electron chi connectivity index (χ2n) is 2.36. The normalized spacial score (nSPS) is 10.7. The first-order valence-corrected chi connectivity index (χ1v) is 3.64. The van der Waals surface area contributed by atoms with Crippen LogP contribution in [0.2, 0.25) is 0 Å². The SMILES string of the molecule is Cc1ccc(S)c2nonc12. The van der Waals surface area contributed by atoms with E-state index >= 15 is 0 Å². The lowest BCUT2D eigenvalue weighted by Crippen LogP contribution is -1.77. The fraction of sp³-hybridized carbons (Fsp3) is 0.143. The summed E-state index contributed by atoms with van der Waals surface area (Å²) in [6.45, 7) is 1.96. The number of hydrogen-bond acceptors (Lipinski definition) is 4. The Balaban J connectivity index is 2.96. The zero-order chi connectivity index (χ0) is 7.84. The average Bonchev–Trinajstić information content (AvgIpc) is 2.45. The van der Waals surface area contributed by atoms with Crippen molar-refractivity contribution in [3.8, 4) is 0 Å². The number of hydrogen-bond donors (Lipinski definition) is 1. The molecule has 2 rings (SSSR count). The molecule has 0 amide bonds. The van der Waals surface area contributed by atoms with E-state index in [0.717, 1.165) is 21.5 Å². The van der Waals surface area contributed by atoms with Gasteiger partial charge in [-0.15, -0.1) is 12.6 Å². The van der Waals surface area contributed by atoms with E-state index in [1.165, 1.54) is 0 Å². The van der Waals surface area contributed by atoms with Gasteiger partial charge in [-0.1, -0.05) is 6.07 Å². The Kier molecular flexibility index (Phi) is 1.35. The number of nitrogens with zero attached hydrogens (tertiary/aromatic N) is 2. The molecule has 0 fully saturated rings. The largest absolute Gasteiger partial charge is 0.243 e. The van der Waals surface area contributed by atoms with Gasteiger partial charge in [0.25, 0.3) is 0 Å². The van der Waals surface area contributed by atoms with Crippen LogP contribution in [-0.2, 0) is 0 Å². The highest BCUT2D eigenvalue weighted by molar-refractivity contribution is 7.80. The molecule has 4 heteroatoms. The topological polar surface area (TPSA) is 38.9 Å². The van der Waals surface area contributed by atoms with Crippen molar-refractivity contribution in [3.63, 3.8) is 0 Å². The van der Waals surface area contributed by atoms with Crippen LogP contribution in [0.3, 0.4) is 0 Å². The monoisotopic (exact) mass is 166 g/mol. The number of rotatable bonds is 0. The van der Waals surface area contributed by atoms with Gasteiger partial charge in [-0.2, -0.15) is 0 Å². The Morgan fingerprint density at radius 1 is 1.27 bits per heavy atom. The van der Waals surface area contributed by atoms with E-state index in [0.29, 0.717) is 0 Å². The van der Waals surface area contributed by atoms with E-state index in [1.807, 2.05) is 19.1 Å². The molecule has 0 N–H and O–H groups in total. The molecule has 3 nitrogen and oxygen atoms in total. The highest BCUT2D eigenvalue weighted by Crippen LogP contribution is 2.20.